The summed E-state index contributed by atoms with van der Waals surface area (Å²) in [5.74, 6) is 0.0245. The van der Waals surface area contributed by atoms with Crippen molar-refractivity contribution in [2.24, 2.45) is 5.92 Å². The highest BCUT2D eigenvalue weighted by molar-refractivity contribution is 6.32. The molecule has 9 heteroatoms. The first kappa shape index (κ1) is 22.1. The van der Waals surface area contributed by atoms with Crippen LogP contribution in [0.5, 0.6) is 5.75 Å². The average Bonchev–Trinajstić information content (AvgIpc) is 3.29. The van der Waals surface area contributed by atoms with Crippen LogP contribution in [0.3, 0.4) is 0 Å². The van der Waals surface area contributed by atoms with Gasteiger partial charge in [0.2, 0.25) is 11.8 Å². The fourth-order valence-corrected chi connectivity index (χ4v) is 3.77. The predicted molar refractivity (Wildman–Crippen MR) is 116 cm³/mol. The zero-order valence-electron chi connectivity index (χ0n) is 17.8. The second kappa shape index (κ2) is 9.49. The quantitative estimate of drug-likeness (QED) is 0.690. The number of hydrogen-bond acceptors (Lipinski definition) is 5. The number of benzene rings is 1. The minimum atomic E-state index is -0.403. The molecule has 0 bridgehead atoms. The van der Waals surface area contributed by atoms with Gasteiger partial charge in [0.05, 0.1) is 36.6 Å². The standard InChI is InChI=1S/C21H28ClN5O3/c1-14-18(24-13-23-14)12-26(8-7-25(2)3)21(29)15-9-20(28)27(11-15)16-5-6-19(30-4)17(22)10-16/h5-6,10,13,15H,7-9,11-12H2,1-4H3,(H,23,24). The summed E-state index contributed by atoms with van der Waals surface area (Å²) in [7, 11) is 5.48. The number of hydrogen-bond donors (Lipinski definition) is 1. The van der Waals surface area contributed by atoms with Gasteiger partial charge in [-0.25, -0.2) is 4.98 Å². The second-order valence-corrected chi connectivity index (χ2v) is 8.17. The highest BCUT2D eigenvalue weighted by Crippen LogP contribution is 2.32. The van der Waals surface area contributed by atoms with Gasteiger partial charge in [0.15, 0.2) is 0 Å². The Bertz CT molecular complexity index is 914. The Morgan fingerprint density at radius 3 is 2.73 bits per heavy atom. The third-order valence-corrected chi connectivity index (χ3v) is 5.62. The number of rotatable bonds is 8. The van der Waals surface area contributed by atoms with Crippen molar-refractivity contribution >= 4 is 29.1 Å². The zero-order valence-corrected chi connectivity index (χ0v) is 18.6. The number of halogens is 1. The highest BCUT2D eigenvalue weighted by Gasteiger charge is 2.37. The number of carbonyl (C=O) groups excluding carboxylic acids is 2. The number of likely N-dealkylation sites (N-methyl/N-ethyl adjacent to an activating group) is 1. The third-order valence-electron chi connectivity index (χ3n) is 5.33. The molecular formula is C21H28ClN5O3. The van der Waals surface area contributed by atoms with E-state index in [9.17, 15) is 9.59 Å². The Hall–Kier alpha value is -2.58. The summed E-state index contributed by atoms with van der Waals surface area (Å²) in [5, 5.41) is 0.430. The van der Waals surface area contributed by atoms with Crippen molar-refractivity contribution < 1.29 is 14.3 Å². The lowest BCUT2D eigenvalue weighted by Crippen LogP contribution is -2.40. The maximum absolute atomic E-state index is 13.3. The number of imidazole rings is 1. The smallest absolute Gasteiger partial charge is 0.228 e. The van der Waals surface area contributed by atoms with Crippen LogP contribution in [0.1, 0.15) is 17.8 Å². The van der Waals surface area contributed by atoms with Gasteiger partial charge in [0, 0.05) is 37.4 Å². The molecule has 3 rings (SSSR count). The van der Waals surface area contributed by atoms with Gasteiger partial charge < -0.3 is 24.4 Å². The Morgan fingerprint density at radius 2 is 2.13 bits per heavy atom. The molecule has 1 aliphatic rings. The van der Waals surface area contributed by atoms with Crippen molar-refractivity contribution in [3.63, 3.8) is 0 Å². The molecule has 0 spiro atoms. The van der Waals surface area contributed by atoms with Crippen LogP contribution in [-0.4, -0.2) is 72.4 Å². The first-order valence-electron chi connectivity index (χ1n) is 9.86. The molecule has 0 radical (unpaired) electrons. The van der Waals surface area contributed by atoms with Crippen LogP contribution < -0.4 is 9.64 Å². The van der Waals surface area contributed by atoms with Crippen molar-refractivity contribution in [1.82, 2.24) is 19.8 Å². The lowest BCUT2D eigenvalue weighted by Gasteiger charge is -2.26. The fourth-order valence-electron chi connectivity index (χ4n) is 3.52. The first-order valence-corrected chi connectivity index (χ1v) is 10.2. The molecule has 1 fully saturated rings. The number of nitrogens with one attached hydrogen (secondary N) is 1. The minimum absolute atomic E-state index is 0.0327. The predicted octanol–water partition coefficient (Wildman–Crippen LogP) is 2.32. The number of nitrogens with zero attached hydrogens (tertiary/aromatic N) is 4. The van der Waals surface area contributed by atoms with Crippen molar-refractivity contribution in [1.29, 1.82) is 0 Å². The number of anilines is 1. The Kier molecular flexibility index (Phi) is 6.99. The Balaban J connectivity index is 1.75. The van der Waals surface area contributed by atoms with E-state index >= 15 is 0 Å². The highest BCUT2D eigenvalue weighted by atomic mass is 35.5. The van der Waals surface area contributed by atoms with E-state index in [0.29, 0.717) is 36.1 Å². The van der Waals surface area contributed by atoms with Gasteiger partial charge in [0.1, 0.15) is 5.75 Å². The summed E-state index contributed by atoms with van der Waals surface area (Å²) >= 11 is 6.22. The summed E-state index contributed by atoms with van der Waals surface area (Å²) in [6.07, 6.45) is 1.81. The van der Waals surface area contributed by atoms with Gasteiger partial charge in [-0.05, 0) is 39.2 Å². The molecule has 1 N–H and O–H groups in total. The van der Waals surface area contributed by atoms with E-state index in [0.717, 1.165) is 17.9 Å². The first-order chi connectivity index (χ1) is 14.3. The molecule has 8 nitrogen and oxygen atoms in total. The fraction of sp³-hybridized carbons (Fsp3) is 0.476. The molecule has 1 atom stereocenters. The normalized spacial score (nSPS) is 16.4. The molecule has 30 heavy (non-hydrogen) atoms. The number of aromatic nitrogens is 2. The molecule has 1 aromatic heterocycles. The molecule has 1 unspecified atom stereocenters. The van der Waals surface area contributed by atoms with Crippen LogP contribution in [0.4, 0.5) is 5.69 Å². The Labute approximate surface area is 181 Å². The maximum atomic E-state index is 13.3. The SMILES string of the molecule is COc1ccc(N2CC(C(=O)N(CCN(C)C)Cc3nc[nH]c3C)CC2=O)cc1Cl. The summed E-state index contributed by atoms with van der Waals surface area (Å²) in [6, 6.07) is 5.21. The van der Waals surface area contributed by atoms with Gasteiger partial charge in [0.25, 0.3) is 0 Å². The van der Waals surface area contributed by atoms with Gasteiger partial charge in [-0.1, -0.05) is 11.6 Å². The van der Waals surface area contributed by atoms with E-state index in [1.54, 1.807) is 41.4 Å². The number of amides is 2. The van der Waals surface area contributed by atoms with Crippen molar-refractivity contribution in [3.8, 4) is 5.75 Å². The summed E-state index contributed by atoms with van der Waals surface area (Å²) in [5.41, 5.74) is 2.45. The second-order valence-electron chi connectivity index (χ2n) is 7.76. The van der Waals surface area contributed by atoms with Crippen molar-refractivity contribution in [2.75, 3.05) is 45.7 Å². The lowest BCUT2D eigenvalue weighted by molar-refractivity contribution is -0.136. The topological polar surface area (TPSA) is 81.8 Å². The molecule has 2 amide bonds. The van der Waals surface area contributed by atoms with Crippen LogP contribution in [0.2, 0.25) is 5.02 Å². The molecular weight excluding hydrogens is 406 g/mol. The van der Waals surface area contributed by atoms with Crippen LogP contribution in [-0.2, 0) is 16.1 Å². The molecule has 1 aromatic carbocycles. The lowest BCUT2D eigenvalue weighted by atomic mass is 10.1. The maximum Gasteiger partial charge on any atom is 0.228 e. The summed E-state index contributed by atoms with van der Waals surface area (Å²) in [4.78, 5) is 38.8. The molecule has 162 valence electrons. The van der Waals surface area contributed by atoms with Crippen molar-refractivity contribution in [3.05, 3.63) is 40.9 Å². The van der Waals surface area contributed by atoms with E-state index in [1.807, 2.05) is 25.9 Å². The molecule has 0 saturated carbocycles. The van der Waals surface area contributed by atoms with Crippen LogP contribution in [0.25, 0.3) is 0 Å². The number of H-pyrrole nitrogens is 1. The van der Waals surface area contributed by atoms with Gasteiger partial charge in [-0.15, -0.1) is 0 Å². The summed E-state index contributed by atoms with van der Waals surface area (Å²) < 4.78 is 5.18. The minimum Gasteiger partial charge on any atom is -0.495 e. The number of methoxy groups -OCH3 is 1. The monoisotopic (exact) mass is 433 g/mol. The number of aryl methyl sites for hydroxylation is 1. The molecule has 0 aliphatic carbocycles. The van der Waals surface area contributed by atoms with E-state index in [-0.39, 0.29) is 18.2 Å². The van der Waals surface area contributed by atoms with Gasteiger partial charge in [-0.3, -0.25) is 9.59 Å². The van der Waals surface area contributed by atoms with E-state index in [2.05, 4.69) is 9.97 Å². The number of carbonyl (C=O) groups is 2. The van der Waals surface area contributed by atoms with Crippen LogP contribution >= 0.6 is 11.6 Å². The number of aromatic amines is 1. The largest absolute Gasteiger partial charge is 0.495 e. The summed E-state index contributed by atoms with van der Waals surface area (Å²) in [6.45, 7) is 3.98. The third kappa shape index (κ3) is 4.94. The molecule has 1 aliphatic heterocycles. The van der Waals surface area contributed by atoms with Gasteiger partial charge >= 0.3 is 0 Å². The Morgan fingerprint density at radius 1 is 1.37 bits per heavy atom. The van der Waals surface area contributed by atoms with Crippen molar-refractivity contribution in [2.45, 2.75) is 19.9 Å². The van der Waals surface area contributed by atoms with E-state index in [1.165, 1.54) is 0 Å². The average molecular weight is 434 g/mol. The van der Waals surface area contributed by atoms with Gasteiger partial charge in [-0.2, -0.15) is 0 Å². The zero-order chi connectivity index (χ0) is 21.8. The van der Waals surface area contributed by atoms with Crippen LogP contribution in [0.15, 0.2) is 24.5 Å². The molecule has 2 aromatic rings. The molecule has 1 saturated heterocycles. The van der Waals surface area contributed by atoms with E-state index < -0.39 is 5.92 Å². The van der Waals surface area contributed by atoms with Crippen LogP contribution in [0, 0.1) is 12.8 Å². The molecule has 2 heterocycles. The van der Waals surface area contributed by atoms with E-state index in [4.69, 9.17) is 16.3 Å². The number of ether oxygens (including phenoxy) is 1.